The first-order chi connectivity index (χ1) is 29.6. The third-order valence-corrected chi connectivity index (χ3v) is 13.5. The topological polar surface area (TPSA) is 12.5 Å². The number of hydrogen-bond donors (Lipinski definition) is 0. The third-order valence-electron chi connectivity index (χ3n) is 13.5. The number of anilines is 3. The molecule has 0 amide bonds. The maximum Gasteiger partial charge on any atom is 0.132 e. The van der Waals surface area contributed by atoms with Crippen molar-refractivity contribution < 1.29 is 13.5 Å². The molecule has 3 aliphatic carbocycles. The van der Waals surface area contributed by atoms with Crippen molar-refractivity contribution in [2.45, 2.75) is 10.8 Å². The molecule has 0 fully saturated rings. The van der Waals surface area contributed by atoms with Gasteiger partial charge >= 0.3 is 0 Å². The highest BCUT2D eigenvalue weighted by Crippen LogP contribution is 2.65. The Bertz CT molecular complexity index is 3200. The predicted molar refractivity (Wildman–Crippen MR) is 235 cm³/mol. The van der Waals surface area contributed by atoms with Crippen LogP contribution >= 0.6 is 0 Å². The van der Waals surface area contributed by atoms with E-state index in [1.165, 1.54) is 34.4 Å². The van der Waals surface area contributed by atoms with Crippen LogP contribution in [0.2, 0.25) is 0 Å². The number of nitrogens with zero attached hydrogens (tertiary/aromatic N) is 1. The maximum atomic E-state index is 15.6. The number of rotatable bonds is 3. The summed E-state index contributed by atoms with van der Waals surface area (Å²) < 4.78 is 37.7. The molecule has 2 nitrogen and oxygen atoms in total. The number of ether oxygens (including phenoxy) is 1. The van der Waals surface area contributed by atoms with Gasteiger partial charge in [0, 0.05) is 28.2 Å². The van der Waals surface area contributed by atoms with E-state index in [9.17, 15) is 0 Å². The van der Waals surface area contributed by atoms with E-state index in [2.05, 4.69) is 138 Å². The molecule has 4 aliphatic rings. The Morgan fingerprint density at radius 1 is 0.300 bits per heavy atom. The Balaban J connectivity index is 1.09. The third kappa shape index (κ3) is 4.15. The van der Waals surface area contributed by atoms with E-state index in [0.29, 0.717) is 0 Å². The highest BCUT2D eigenvalue weighted by atomic mass is 19.1. The average Bonchev–Trinajstić information content (AvgIpc) is 3.86. The quantitative estimate of drug-likeness (QED) is 0.177. The van der Waals surface area contributed by atoms with Gasteiger partial charge in [0.15, 0.2) is 0 Å². The van der Waals surface area contributed by atoms with E-state index < -0.39 is 10.8 Å². The van der Waals surface area contributed by atoms with Gasteiger partial charge < -0.3 is 9.64 Å². The Morgan fingerprint density at radius 3 is 1.17 bits per heavy atom. The zero-order valence-electron chi connectivity index (χ0n) is 32.2. The first kappa shape index (κ1) is 33.4. The summed E-state index contributed by atoms with van der Waals surface area (Å²) in [7, 11) is 0. The van der Waals surface area contributed by atoms with Crippen molar-refractivity contribution in [3.8, 4) is 44.9 Å². The fourth-order valence-electron chi connectivity index (χ4n) is 11.3. The van der Waals surface area contributed by atoms with Crippen LogP contribution in [0.5, 0.6) is 11.5 Å². The van der Waals surface area contributed by atoms with Gasteiger partial charge in [0.2, 0.25) is 0 Å². The van der Waals surface area contributed by atoms with E-state index in [4.69, 9.17) is 4.74 Å². The molecule has 0 saturated heterocycles. The SMILES string of the molecule is Fc1ccc2c(c1)C1(c3ccccc3-c3ccc(N(c4ccccc4)c4ccc5c(c4)C4(c6ccccc6Oc6ccccc64)c4ccccc4-5)cc31)c1cc(F)ccc1-2. The zero-order valence-corrected chi connectivity index (χ0v) is 32.2. The normalized spacial score (nSPS) is 14.6. The molecular formula is C56H33F2NO. The summed E-state index contributed by atoms with van der Waals surface area (Å²) in [6.07, 6.45) is 0. The number of para-hydroxylation sites is 3. The molecule has 2 spiro atoms. The largest absolute Gasteiger partial charge is 0.457 e. The fraction of sp³-hybridized carbons (Fsp3) is 0.0357. The lowest BCUT2D eigenvalue weighted by Crippen LogP contribution is -2.32. The molecule has 0 unspecified atom stereocenters. The van der Waals surface area contributed by atoms with Crippen LogP contribution in [0.4, 0.5) is 25.8 Å². The second-order valence-electron chi connectivity index (χ2n) is 16.2. The molecule has 60 heavy (non-hydrogen) atoms. The van der Waals surface area contributed by atoms with Crippen molar-refractivity contribution >= 4 is 17.1 Å². The van der Waals surface area contributed by atoms with Gasteiger partial charge in [-0.15, -0.1) is 0 Å². The second-order valence-corrected chi connectivity index (χ2v) is 16.2. The summed E-state index contributed by atoms with van der Waals surface area (Å²) in [5, 5.41) is 0. The predicted octanol–water partition coefficient (Wildman–Crippen LogP) is 14.2. The van der Waals surface area contributed by atoms with Gasteiger partial charge in [-0.05, 0) is 140 Å². The van der Waals surface area contributed by atoms with Crippen LogP contribution in [0.3, 0.4) is 0 Å². The Morgan fingerprint density at radius 2 is 0.667 bits per heavy atom. The Kier molecular flexibility index (Phi) is 6.68. The monoisotopic (exact) mass is 773 g/mol. The first-order valence-corrected chi connectivity index (χ1v) is 20.4. The maximum absolute atomic E-state index is 15.6. The van der Waals surface area contributed by atoms with Gasteiger partial charge in [-0.3, -0.25) is 0 Å². The first-order valence-electron chi connectivity index (χ1n) is 20.4. The second kappa shape index (κ2) is 12.0. The molecule has 0 N–H and O–H groups in total. The molecule has 13 rings (SSSR count). The summed E-state index contributed by atoms with van der Waals surface area (Å²) >= 11 is 0. The van der Waals surface area contributed by atoms with E-state index in [1.807, 2.05) is 42.5 Å². The van der Waals surface area contributed by atoms with Crippen molar-refractivity contribution in [2.75, 3.05) is 4.90 Å². The highest BCUT2D eigenvalue weighted by molar-refractivity contribution is 5.97. The molecule has 1 aliphatic heterocycles. The molecule has 282 valence electrons. The van der Waals surface area contributed by atoms with Crippen LogP contribution in [0, 0.1) is 11.6 Å². The summed E-state index contributed by atoms with van der Waals surface area (Å²) in [6.45, 7) is 0. The van der Waals surface area contributed by atoms with E-state index in [0.717, 1.165) is 84.2 Å². The van der Waals surface area contributed by atoms with E-state index >= 15 is 8.78 Å². The van der Waals surface area contributed by atoms with Gasteiger partial charge in [0.1, 0.15) is 23.1 Å². The molecule has 0 bridgehead atoms. The zero-order chi connectivity index (χ0) is 39.7. The number of halogens is 2. The fourth-order valence-corrected chi connectivity index (χ4v) is 11.3. The van der Waals surface area contributed by atoms with Gasteiger partial charge in [0.25, 0.3) is 0 Å². The minimum absolute atomic E-state index is 0.321. The Hall–Kier alpha value is -7.56. The van der Waals surface area contributed by atoms with Crippen LogP contribution < -0.4 is 9.64 Å². The lowest BCUT2D eigenvalue weighted by atomic mass is 9.66. The minimum Gasteiger partial charge on any atom is -0.457 e. The molecule has 4 heteroatoms. The summed E-state index contributed by atoms with van der Waals surface area (Å²) in [5.74, 6) is 1.05. The van der Waals surface area contributed by atoms with Crippen LogP contribution in [-0.2, 0) is 10.8 Å². The number of benzene rings is 9. The number of hydrogen-bond acceptors (Lipinski definition) is 2. The van der Waals surface area contributed by atoms with Gasteiger partial charge in [0.05, 0.1) is 10.8 Å². The van der Waals surface area contributed by atoms with Crippen molar-refractivity contribution in [1.82, 2.24) is 0 Å². The van der Waals surface area contributed by atoms with Gasteiger partial charge in [-0.1, -0.05) is 127 Å². The lowest BCUT2D eigenvalue weighted by molar-refractivity contribution is 0.436. The molecule has 9 aromatic rings. The molecule has 0 aromatic heterocycles. The van der Waals surface area contributed by atoms with Crippen LogP contribution in [0.25, 0.3) is 33.4 Å². The molecule has 9 aromatic carbocycles. The van der Waals surface area contributed by atoms with Crippen LogP contribution in [-0.4, -0.2) is 0 Å². The number of fused-ring (bicyclic) bond motifs is 19. The summed E-state index contributed by atoms with van der Waals surface area (Å²) in [5.41, 5.74) is 16.0. The average molecular weight is 774 g/mol. The molecular weight excluding hydrogens is 741 g/mol. The summed E-state index contributed by atoms with van der Waals surface area (Å²) in [6, 6.07) is 67.9. The standard InChI is InChI=1S/C56H33F2NO/c57-34-22-26-41-42-27-23-35(58)31-50(42)56(49(41)30-34)46-17-7-5-15-40(46)44-29-25-38(33-52(44)56)59(36-12-2-1-3-13-36)37-24-28-43-39-14-4-6-16-45(39)55(51(43)32-37)47-18-8-10-20-53(47)60-54-21-11-9-19-48(54)55/h1-33H. The molecule has 1 heterocycles. The highest BCUT2D eigenvalue weighted by Gasteiger charge is 2.53. The van der Waals surface area contributed by atoms with E-state index in [-0.39, 0.29) is 11.6 Å². The lowest BCUT2D eigenvalue weighted by Gasteiger charge is -2.39. The van der Waals surface area contributed by atoms with E-state index in [1.54, 1.807) is 12.1 Å². The van der Waals surface area contributed by atoms with Crippen LogP contribution in [0.1, 0.15) is 44.5 Å². The molecule has 0 atom stereocenters. The van der Waals surface area contributed by atoms with Gasteiger partial charge in [-0.2, -0.15) is 0 Å². The van der Waals surface area contributed by atoms with Crippen molar-refractivity contribution in [3.63, 3.8) is 0 Å². The van der Waals surface area contributed by atoms with Crippen molar-refractivity contribution in [2.24, 2.45) is 0 Å². The molecule has 0 saturated carbocycles. The van der Waals surface area contributed by atoms with Crippen molar-refractivity contribution in [1.29, 1.82) is 0 Å². The smallest absolute Gasteiger partial charge is 0.132 e. The van der Waals surface area contributed by atoms with Crippen molar-refractivity contribution in [3.05, 3.63) is 256 Å². The summed E-state index contributed by atoms with van der Waals surface area (Å²) in [4.78, 5) is 2.32. The molecule has 0 radical (unpaired) electrons. The van der Waals surface area contributed by atoms with Crippen LogP contribution in [0.15, 0.2) is 200 Å². The minimum atomic E-state index is -0.932. The Labute approximate surface area is 346 Å². The van der Waals surface area contributed by atoms with Gasteiger partial charge in [-0.25, -0.2) is 8.78 Å².